The number of hydrogen-bond acceptors (Lipinski definition) is 4. The fraction of sp³-hybridized carbons (Fsp3) is 0.179. The first-order valence-electron chi connectivity index (χ1n) is 11.6. The number of aromatic nitrogens is 2. The van der Waals surface area contributed by atoms with E-state index in [0.29, 0.717) is 29.5 Å². The van der Waals surface area contributed by atoms with Crippen LogP contribution in [0.2, 0.25) is 0 Å². The van der Waals surface area contributed by atoms with Gasteiger partial charge in [-0.15, -0.1) is 6.42 Å². The van der Waals surface area contributed by atoms with Crippen LogP contribution in [0, 0.1) is 12.3 Å². The summed E-state index contributed by atoms with van der Waals surface area (Å²) >= 11 is 0. The van der Waals surface area contributed by atoms with E-state index < -0.39 is 63.5 Å². The molecule has 2 N–H and O–H groups in total. The summed E-state index contributed by atoms with van der Waals surface area (Å²) in [5, 5.41) is 16.3. The second kappa shape index (κ2) is 11.2. The number of halogens is 9. The van der Waals surface area contributed by atoms with E-state index in [9.17, 15) is 44.6 Å². The maximum absolute atomic E-state index is 13.6. The van der Waals surface area contributed by atoms with Crippen molar-refractivity contribution in [3.05, 3.63) is 83.0 Å². The monoisotopic (exact) mass is 600 g/mol. The summed E-state index contributed by atoms with van der Waals surface area (Å²) in [6.45, 7) is -0.269. The Labute approximate surface area is 231 Å². The smallest absolute Gasteiger partial charge is 0.432 e. The Kier molecular flexibility index (Phi) is 8.07. The van der Waals surface area contributed by atoms with Gasteiger partial charge in [-0.1, -0.05) is 18.1 Å². The van der Waals surface area contributed by atoms with Crippen LogP contribution in [0.5, 0.6) is 17.2 Å². The summed E-state index contributed by atoms with van der Waals surface area (Å²) < 4.78 is 132. The van der Waals surface area contributed by atoms with Crippen LogP contribution in [0.1, 0.15) is 22.4 Å². The average molecular weight is 600 g/mol. The van der Waals surface area contributed by atoms with Gasteiger partial charge in [-0.2, -0.15) is 44.6 Å². The molecule has 0 bridgehead atoms. The van der Waals surface area contributed by atoms with Crippen LogP contribution in [0.3, 0.4) is 0 Å². The van der Waals surface area contributed by atoms with Crippen molar-refractivity contribution in [3.63, 3.8) is 0 Å². The Morgan fingerprint density at radius 2 is 1.40 bits per heavy atom. The molecule has 0 spiro atoms. The molecule has 0 aliphatic heterocycles. The maximum Gasteiger partial charge on any atom is 0.432 e. The summed E-state index contributed by atoms with van der Waals surface area (Å²) in [6.07, 6.45) is -10.1. The van der Waals surface area contributed by atoms with Crippen molar-refractivity contribution in [2.24, 2.45) is 0 Å². The van der Waals surface area contributed by atoms with Gasteiger partial charge in [0.15, 0.2) is 0 Å². The Bertz CT molecular complexity index is 1580. The van der Waals surface area contributed by atoms with Crippen molar-refractivity contribution >= 4 is 0 Å². The highest BCUT2D eigenvalue weighted by atomic mass is 19.4. The molecule has 1 heterocycles. The van der Waals surface area contributed by atoms with Crippen LogP contribution in [-0.4, -0.2) is 21.9 Å². The lowest BCUT2D eigenvalue weighted by molar-refractivity contribution is -0.143. The van der Waals surface area contributed by atoms with E-state index in [0.717, 1.165) is 12.1 Å². The normalized spacial score (nSPS) is 12.2. The van der Waals surface area contributed by atoms with Gasteiger partial charge in [0.2, 0.25) is 0 Å². The molecule has 3 aromatic carbocycles. The number of aromatic hydroxyl groups is 1. The predicted molar refractivity (Wildman–Crippen MR) is 131 cm³/mol. The van der Waals surface area contributed by atoms with Crippen molar-refractivity contribution in [2.45, 2.75) is 25.1 Å². The molecule has 1 aromatic heterocycles. The summed E-state index contributed by atoms with van der Waals surface area (Å²) in [5.74, 6) is 1.38. The van der Waals surface area contributed by atoms with Crippen LogP contribution >= 0.6 is 0 Å². The zero-order chi connectivity index (χ0) is 30.9. The molecule has 5 nitrogen and oxygen atoms in total. The number of nitrogens with zero attached hydrogens (tertiary/aromatic N) is 1. The first-order chi connectivity index (χ1) is 19.6. The largest absolute Gasteiger partial charge is 0.506 e. The molecule has 0 fully saturated rings. The van der Waals surface area contributed by atoms with Crippen molar-refractivity contribution in [2.75, 3.05) is 6.61 Å². The second-order valence-electron chi connectivity index (χ2n) is 8.72. The zero-order valence-corrected chi connectivity index (χ0v) is 20.9. The van der Waals surface area contributed by atoms with Crippen LogP contribution in [0.4, 0.5) is 39.5 Å². The topological polar surface area (TPSA) is 67.4 Å². The lowest BCUT2D eigenvalue weighted by Crippen LogP contribution is -2.11. The van der Waals surface area contributed by atoms with Gasteiger partial charge >= 0.3 is 18.5 Å². The minimum absolute atomic E-state index is 0.00218. The molecule has 14 heteroatoms. The number of H-pyrrole nitrogens is 1. The lowest BCUT2D eigenvalue weighted by Gasteiger charge is -2.19. The zero-order valence-electron chi connectivity index (χ0n) is 20.9. The number of benzene rings is 3. The number of aromatic amines is 1. The molecule has 42 heavy (non-hydrogen) atoms. The van der Waals surface area contributed by atoms with E-state index in [2.05, 4.69) is 11.0 Å². The Balaban J connectivity index is 1.84. The number of phenolic OH excluding ortho intramolecular Hbond substituents is 1. The minimum Gasteiger partial charge on any atom is -0.506 e. The molecule has 0 aliphatic carbocycles. The SMILES string of the molecule is C#CCOc1ccc(COc2ccc(-c3cc(C(F)(F)F)[nH]n3)c(O)c2-c2cc(C(F)(F)F)cc(C(F)(F)F)c2)cc1. The average Bonchev–Trinajstić information content (AvgIpc) is 3.41. The van der Waals surface area contributed by atoms with E-state index in [1.165, 1.54) is 12.1 Å². The molecular weight excluding hydrogens is 583 g/mol. The highest BCUT2D eigenvalue weighted by Gasteiger charge is 2.38. The van der Waals surface area contributed by atoms with E-state index >= 15 is 0 Å². The molecule has 220 valence electrons. The fourth-order valence-electron chi connectivity index (χ4n) is 3.85. The van der Waals surface area contributed by atoms with Gasteiger partial charge in [0.1, 0.15) is 36.2 Å². The van der Waals surface area contributed by atoms with Crippen LogP contribution in [-0.2, 0) is 25.1 Å². The summed E-state index contributed by atoms with van der Waals surface area (Å²) in [6, 6.07) is 9.49. The number of hydrogen-bond donors (Lipinski definition) is 2. The molecule has 0 saturated heterocycles. The molecule has 0 radical (unpaired) electrons. The van der Waals surface area contributed by atoms with Crippen molar-refractivity contribution < 1.29 is 54.1 Å². The van der Waals surface area contributed by atoms with Gasteiger partial charge < -0.3 is 14.6 Å². The number of terminal acetylenes is 1. The molecule has 4 rings (SSSR count). The lowest BCUT2D eigenvalue weighted by atomic mass is 9.95. The standard InChI is InChI=1S/C28H17F9N2O3/c1-2-9-41-19-5-3-15(4-6-19)14-42-22-8-7-20(21-13-23(39-38-21)28(35,36)37)25(40)24(22)16-10-17(26(29,30)31)12-18(11-16)27(32,33)34/h1,3-8,10-13,40H,9,14H2,(H,38,39). The van der Waals surface area contributed by atoms with Crippen molar-refractivity contribution in [1.29, 1.82) is 0 Å². The third kappa shape index (κ3) is 6.73. The van der Waals surface area contributed by atoms with Gasteiger partial charge in [0.25, 0.3) is 0 Å². The number of nitrogens with one attached hydrogen (secondary N) is 1. The quantitative estimate of drug-likeness (QED) is 0.166. The Morgan fingerprint density at radius 3 is 1.93 bits per heavy atom. The van der Waals surface area contributed by atoms with Crippen LogP contribution < -0.4 is 9.47 Å². The maximum atomic E-state index is 13.6. The third-order valence-electron chi connectivity index (χ3n) is 5.82. The predicted octanol–water partition coefficient (Wildman–Crippen LogP) is 8.10. The molecule has 0 unspecified atom stereocenters. The summed E-state index contributed by atoms with van der Waals surface area (Å²) in [5.41, 5.74) is -6.44. The van der Waals surface area contributed by atoms with E-state index in [-0.39, 0.29) is 25.0 Å². The van der Waals surface area contributed by atoms with E-state index in [1.807, 2.05) is 0 Å². The minimum atomic E-state index is -5.21. The number of rotatable bonds is 7. The first-order valence-corrected chi connectivity index (χ1v) is 11.6. The van der Waals surface area contributed by atoms with Gasteiger partial charge in [0, 0.05) is 5.56 Å². The van der Waals surface area contributed by atoms with Crippen LogP contribution in [0.15, 0.2) is 60.7 Å². The van der Waals surface area contributed by atoms with Gasteiger partial charge in [-0.3, -0.25) is 5.10 Å². The van der Waals surface area contributed by atoms with Crippen molar-refractivity contribution in [3.8, 4) is 52.0 Å². The molecular formula is C28H17F9N2O3. The third-order valence-corrected chi connectivity index (χ3v) is 5.82. The van der Waals surface area contributed by atoms with Gasteiger partial charge in [-0.25, -0.2) is 0 Å². The fourth-order valence-corrected chi connectivity index (χ4v) is 3.85. The first kappa shape index (κ1) is 30.2. The number of ether oxygens (including phenoxy) is 2. The Hall–Kier alpha value is -4.80. The molecule has 0 saturated carbocycles. The molecule has 0 aliphatic rings. The summed E-state index contributed by atoms with van der Waals surface area (Å²) in [7, 11) is 0. The van der Waals surface area contributed by atoms with Crippen LogP contribution in [0.25, 0.3) is 22.4 Å². The summed E-state index contributed by atoms with van der Waals surface area (Å²) in [4.78, 5) is 0. The van der Waals surface area contributed by atoms with Gasteiger partial charge in [0.05, 0.1) is 22.4 Å². The highest BCUT2D eigenvalue weighted by molar-refractivity contribution is 5.85. The molecule has 0 amide bonds. The van der Waals surface area contributed by atoms with E-state index in [1.54, 1.807) is 17.2 Å². The molecule has 4 aromatic rings. The highest BCUT2D eigenvalue weighted by Crippen LogP contribution is 2.47. The second-order valence-corrected chi connectivity index (χ2v) is 8.72. The van der Waals surface area contributed by atoms with E-state index in [4.69, 9.17) is 15.9 Å². The Morgan fingerprint density at radius 1 is 0.786 bits per heavy atom. The van der Waals surface area contributed by atoms with Crippen molar-refractivity contribution in [1.82, 2.24) is 10.2 Å². The number of phenols is 1. The van der Waals surface area contributed by atoms with Gasteiger partial charge in [-0.05, 0) is 59.7 Å². The molecule has 0 atom stereocenters. The number of alkyl halides is 9.